The van der Waals surface area contributed by atoms with Gasteiger partial charge < -0.3 is 11.5 Å². The molecule has 1 saturated heterocycles. The number of hydrogen-bond acceptors (Lipinski definition) is 6. The van der Waals surface area contributed by atoms with Gasteiger partial charge in [-0.15, -0.1) is 0 Å². The zero-order chi connectivity index (χ0) is 20.3. The second-order valence-electron chi connectivity index (χ2n) is 7.07. The molecule has 6 nitrogen and oxygen atoms in total. The van der Waals surface area contributed by atoms with Crippen molar-refractivity contribution in [2.75, 3.05) is 24.6 Å². The summed E-state index contributed by atoms with van der Waals surface area (Å²) in [5.74, 6) is -0.802. The van der Waals surface area contributed by atoms with Crippen molar-refractivity contribution >= 4 is 21.3 Å². The van der Waals surface area contributed by atoms with Crippen LogP contribution in [0.3, 0.4) is 0 Å². The molecular weight excluding hydrogens is 381 g/mol. The SMILES string of the molecule is Nc1ccccc1S(=O)(=O)CC(N)N1CCC(C(=O)c2ccc(F)cc2)CC1. The molecule has 1 aliphatic rings. The van der Waals surface area contributed by atoms with E-state index in [0.29, 0.717) is 31.5 Å². The lowest BCUT2D eigenvalue weighted by Crippen LogP contribution is -2.50. The van der Waals surface area contributed by atoms with Crippen molar-refractivity contribution < 1.29 is 17.6 Å². The number of nitrogens with zero attached hydrogens (tertiary/aromatic N) is 1. The summed E-state index contributed by atoms with van der Waals surface area (Å²) in [4.78, 5) is 14.5. The number of nitrogen functional groups attached to an aromatic ring is 1. The fourth-order valence-corrected chi connectivity index (χ4v) is 5.08. The Morgan fingerprint density at radius 1 is 1.11 bits per heavy atom. The van der Waals surface area contributed by atoms with E-state index in [1.54, 1.807) is 18.2 Å². The van der Waals surface area contributed by atoms with Gasteiger partial charge in [-0.2, -0.15) is 0 Å². The molecule has 8 heteroatoms. The van der Waals surface area contributed by atoms with E-state index < -0.39 is 16.0 Å². The first kappa shape index (κ1) is 20.4. The standard InChI is InChI=1S/C20H24FN3O3S/c21-16-7-5-14(6-8-16)20(25)15-9-11-24(12-10-15)19(23)13-28(26,27)18-4-2-1-3-17(18)22/h1-8,15,19H,9-13,22-23H2. The zero-order valence-electron chi connectivity index (χ0n) is 15.4. The molecule has 1 atom stereocenters. The van der Waals surface area contributed by atoms with Crippen LogP contribution >= 0.6 is 0 Å². The first-order chi connectivity index (χ1) is 13.3. The maximum atomic E-state index is 13.0. The number of benzene rings is 2. The van der Waals surface area contributed by atoms with Gasteiger partial charge in [0, 0.05) is 24.6 Å². The third kappa shape index (κ3) is 4.57. The Morgan fingerprint density at radius 2 is 1.71 bits per heavy atom. The predicted octanol–water partition coefficient (Wildman–Crippen LogP) is 2.06. The minimum Gasteiger partial charge on any atom is -0.398 e. The van der Waals surface area contributed by atoms with Gasteiger partial charge in [0.05, 0.1) is 22.5 Å². The number of likely N-dealkylation sites (tertiary alicyclic amines) is 1. The molecule has 0 spiro atoms. The average Bonchev–Trinajstić information content (AvgIpc) is 2.68. The van der Waals surface area contributed by atoms with Gasteiger partial charge in [-0.1, -0.05) is 12.1 Å². The maximum Gasteiger partial charge on any atom is 0.183 e. The number of Topliss-reactive ketones (excluding diaryl/α,β-unsaturated/α-hetero) is 1. The molecule has 0 saturated carbocycles. The second kappa shape index (κ2) is 8.38. The van der Waals surface area contributed by atoms with Crippen LogP contribution in [0.2, 0.25) is 0 Å². The number of ketones is 1. The number of anilines is 1. The van der Waals surface area contributed by atoms with Crippen LogP contribution in [0.4, 0.5) is 10.1 Å². The molecule has 0 amide bonds. The lowest BCUT2D eigenvalue weighted by atomic mass is 9.89. The second-order valence-corrected chi connectivity index (χ2v) is 9.07. The lowest BCUT2D eigenvalue weighted by molar-refractivity contribution is 0.0806. The van der Waals surface area contributed by atoms with Crippen molar-refractivity contribution in [1.82, 2.24) is 4.90 Å². The topological polar surface area (TPSA) is 106 Å². The fourth-order valence-electron chi connectivity index (χ4n) is 3.53. The first-order valence-electron chi connectivity index (χ1n) is 9.14. The number of rotatable bonds is 6. The molecule has 150 valence electrons. The predicted molar refractivity (Wildman–Crippen MR) is 106 cm³/mol. The molecule has 0 aromatic heterocycles. The summed E-state index contributed by atoms with van der Waals surface area (Å²) < 4.78 is 38.3. The van der Waals surface area contributed by atoms with E-state index in [-0.39, 0.29) is 33.9 Å². The number of hydrogen-bond donors (Lipinski definition) is 2. The number of carbonyl (C=O) groups is 1. The van der Waals surface area contributed by atoms with E-state index in [2.05, 4.69) is 0 Å². The summed E-state index contributed by atoms with van der Waals surface area (Å²) in [6, 6.07) is 11.9. The molecule has 1 unspecified atom stereocenters. The first-order valence-corrected chi connectivity index (χ1v) is 10.8. The van der Waals surface area contributed by atoms with E-state index in [4.69, 9.17) is 11.5 Å². The van der Waals surface area contributed by atoms with Crippen molar-refractivity contribution in [3.05, 3.63) is 59.9 Å². The van der Waals surface area contributed by atoms with Gasteiger partial charge in [-0.25, -0.2) is 12.8 Å². The van der Waals surface area contributed by atoms with Crippen LogP contribution in [0, 0.1) is 11.7 Å². The van der Waals surface area contributed by atoms with Crippen LogP contribution in [-0.2, 0) is 9.84 Å². The van der Waals surface area contributed by atoms with Gasteiger partial charge in [0.15, 0.2) is 15.6 Å². The Labute approximate surface area is 164 Å². The van der Waals surface area contributed by atoms with Gasteiger partial charge in [0.2, 0.25) is 0 Å². The summed E-state index contributed by atoms with van der Waals surface area (Å²) in [6.07, 6.45) is 0.487. The van der Waals surface area contributed by atoms with Crippen LogP contribution in [0.1, 0.15) is 23.2 Å². The Balaban J connectivity index is 1.59. The monoisotopic (exact) mass is 405 g/mol. The fraction of sp³-hybridized carbons (Fsp3) is 0.350. The highest BCUT2D eigenvalue weighted by Gasteiger charge is 2.30. The molecule has 3 rings (SSSR count). The lowest BCUT2D eigenvalue weighted by Gasteiger charge is -2.35. The highest BCUT2D eigenvalue weighted by Crippen LogP contribution is 2.24. The van der Waals surface area contributed by atoms with Crippen LogP contribution in [-0.4, -0.2) is 44.1 Å². The van der Waals surface area contributed by atoms with Crippen LogP contribution in [0.5, 0.6) is 0 Å². The minimum atomic E-state index is -3.61. The number of sulfone groups is 1. The Hall–Kier alpha value is -2.29. The Bertz CT molecular complexity index is 939. The molecule has 28 heavy (non-hydrogen) atoms. The van der Waals surface area contributed by atoms with Crippen molar-refractivity contribution in [2.45, 2.75) is 23.9 Å². The van der Waals surface area contributed by atoms with Gasteiger partial charge in [-0.05, 0) is 49.2 Å². The third-order valence-corrected chi connectivity index (χ3v) is 6.96. The Morgan fingerprint density at radius 3 is 2.32 bits per heavy atom. The molecule has 2 aromatic carbocycles. The summed E-state index contributed by atoms with van der Waals surface area (Å²) in [5.41, 5.74) is 12.6. The average molecular weight is 405 g/mol. The summed E-state index contributed by atoms with van der Waals surface area (Å²) in [5, 5.41) is 0. The van der Waals surface area contributed by atoms with Gasteiger partial charge in [0.1, 0.15) is 5.82 Å². The van der Waals surface area contributed by atoms with Crippen LogP contribution in [0.25, 0.3) is 0 Å². The van der Waals surface area contributed by atoms with E-state index in [1.807, 2.05) is 4.90 Å². The van der Waals surface area contributed by atoms with Crippen molar-refractivity contribution in [3.8, 4) is 0 Å². The molecular formula is C20H24FN3O3S. The van der Waals surface area contributed by atoms with E-state index in [9.17, 15) is 17.6 Å². The highest BCUT2D eigenvalue weighted by atomic mass is 32.2. The molecule has 1 fully saturated rings. The molecule has 0 radical (unpaired) electrons. The number of piperidine rings is 1. The summed E-state index contributed by atoms with van der Waals surface area (Å²) >= 11 is 0. The summed E-state index contributed by atoms with van der Waals surface area (Å²) in [7, 11) is -3.61. The third-order valence-electron chi connectivity index (χ3n) is 5.14. The number of para-hydroxylation sites is 1. The highest BCUT2D eigenvalue weighted by molar-refractivity contribution is 7.91. The largest absolute Gasteiger partial charge is 0.398 e. The smallest absolute Gasteiger partial charge is 0.183 e. The normalized spacial score (nSPS) is 17.4. The van der Waals surface area contributed by atoms with E-state index in [0.717, 1.165) is 0 Å². The zero-order valence-corrected chi connectivity index (χ0v) is 16.2. The molecule has 1 heterocycles. The molecule has 1 aliphatic heterocycles. The van der Waals surface area contributed by atoms with Crippen LogP contribution in [0.15, 0.2) is 53.4 Å². The van der Waals surface area contributed by atoms with Crippen molar-refractivity contribution in [3.63, 3.8) is 0 Å². The number of nitrogens with two attached hydrogens (primary N) is 2. The number of carbonyl (C=O) groups excluding carboxylic acids is 1. The maximum absolute atomic E-state index is 13.0. The van der Waals surface area contributed by atoms with Crippen molar-refractivity contribution in [1.29, 1.82) is 0 Å². The molecule has 0 aliphatic carbocycles. The van der Waals surface area contributed by atoms with E-state index in [1.165, 1.54) is 30.3 Å². The molecule has 2 aromatic rings. The van der Waals surface area contributed by atoms with E-state index >= 15 is 0 Å². The van der Waals surface area contributed by atoms with Crippen LogP contribution < -0.4 is 11.5 Å². The van der Waals surface area contributed by atoms with Gasteiger partial charge >= 0.3 is 0 Å². The molecule has 4 N–H and O–H groups in total. The summed E-state index contributed by atoms with van der Waals surface area (Å²) in [6.45, 7) is 1.05. The van der Waals surface area contributed by atoms with Gasteiger partial charge in [0.25, 0.3) is 0 Å². The van der Waals surface area contributed by atoms with Crippen molar-refractivity contribution in [2.24, 2.45) is 11.7 Å². The minimum absolute atomic E-state index is 0.0158. The quantitative estimate of drug-likeness (QED) is 0.563. The Kier molecular flexibility index (Phi) is 6.12. The molecule has 0 bridgehead atoms. The van der Waals surface area contributed by atoms with Gasteiger partial charge in [-0.3, -0.25) is 9.69 Å². The number of halogens is 1.